The number of nitrogens with two attached hydrogens (primary N) is 1. The molecule has 3 rings (SSSR count). The second-order valence-corrected chi connectivity index (χ2v) is 6.74. The molecule has 0 aliphatic heterocycles. The predicted octanol–water partition coefficient (Wildman–Crippen LogP) is 4.25. The Morgan fingerprint density at radius 1 is 1.15 bits per heavy atom. The number of hydrogen-bond donors (Lipinski definition) is 1. The first-order valence-electron chi connectivity index (χ1n) is 8.19. The zero-order valence-corrected chi connectivity index (χ0v) is 15.5. The highest BCUT2D eigenvalue weighted by molar-refractivity contribution is 7.98. The molecule has 0 radical (unpaired) electrons. The highest BCUT2D eigenvalue weighted by Gasteiger charge is 2.14. The quantitative estimate of drug-likeness (QED) is 0.508. The Labute approximate surface area is 161 Å². The van der Waals surface area contributed by atoms with Crippen LogP contribution < -0.4 is 10.5 Å². The molecule has 0 saturated heterocycles. The van der Waals surface area contributed by atoms with E-state index in [2.05, 4.69) is 9.97 Å². The predicted molar refractivity (Wildman–Crippen MR) is 103 cm³/mol. The summed E-state index contributed by atoms with van der Waals surface area (Å²) in [6.07, 6.45) is 0. The summed E-state index contributed by atoms with van der Waals surface area (Å²) in [5.74, 6) is 1.12. The molecule has 0 amide bonds. The van der Waals surface area contributed by atoms with Crippen LogP contribution >= 0.6 is 11.8 Å². The Balaban J connectivity index is 1.77. The van der Waals surface area contributed by atoms with Crippen LogP contribution in [0, 0.1) is 24.1 Å². The van der Waals surface area contributed by atoms with Gasteiger partial charge < -0.3 is 10.5 Å². The van der Waals surface area contributed by atoms with Gasteiger partial charge in [0.2, 0.25) is 0 Å². The standard InChI is InChI=1S/C20H17FN4OS/c1-13-4-2-3-5-18(13)26-11-17-16(10-22)19(23)25-20(24-17)27-12-14-6-8-15(21)9-7-14/h2-9H,11-12H2,1H3,(H2,23,24,25). The lowest BCUT2D eigenvalue weighted by molar-refractivity contribution is 0.297. The van der Waals surface area contributed by atoms with Gasteiger partial charge in [-0.05, 0) is 36.2 Å². The lowest BCUT2D eigenvalue weighted by Gasteiger charge is -2.11. The molecule has 0 atom stereocenters. The van der Waals surface area contributed by atoms with E-state index in [4.69, 9.17) is 10.5 Å². The molecule has 0 bridgehead atoms. The molecule has 1 heterocycles. The molecule has 0 unspecified atom stereocenters. The molecule has 0 fully saturated rings. The second kappa shape index (κ2) is 8.52. The minimum atomic E-state index is -0.279. The minimum Gasteiger partial charge on any atom is -0.487 e. The van der Waals surface area contributed by atoms with E-state index in [1.807, 2.05) is 37.3 Å². The highest BCUT2D eigenvalue weighted by Crippen LogP contribution is 2.24. The minimum absolute atomic E-state index is 0.116. The number of halogens is 1. The number of thioether (sulfide) groups is 1. The third-order valence-corrected chi connectivity index (χ3v) is 4.76. The van der Waals surface area contributed by atoms with Gasteiger partial charge in [0, 0.05) is 5.75 Å². The van der Waals surface area contributed by atoms with Gasteiger partial charge in [0.25, 0.3) is 0 Å². The normalized spacial score (nSPS) is 10.4. The molecular weight excluding hydrogens is 363 g/mol. The van der Waals surface area contributed by atoms with Crippen molar-refractivity contribution in [1.82, 2.24) is 9.97 Å². The Hall–Kier alpha value is -3.11. The number of rotatable bonds is 6. The number of ether oxygens (including phenoxy) is 1. The van der Waals surface area contributed by atoms with Gasteiger partial charge >= 0.3 is 0 Å². The lowest BCUT2D eigenvalue weighted by atomic mass is 10.2. The summed E-state index contributed by atoms with van der Waals surface area (Å²) >= 11 is 1.36. The SMILES string of the molecule is Cc1ccccc1OCc1nc(SCc2ccc(F)cc2)nc(N)c1C#N. The smallest absolute Gasteiger partial charge is 0.190 e. The molecule has 0 spiro atoms. The van der Waals surface area contributed by atoms with E-state index in [-0.39, 0.29) is 23.8 Å². The molecule has 0 aliphatic rings. The summed E-state index contributed by atoms with van der Waals surface area (Å²) in [5.41, 5.74) is 8.51. The number of aromatic nitrogens is 2. The summed E-state index contributed by atoms with van der Waals surface area (Å²) in [5, 5.41) is 9.81. The maximum Gasteiger partial charge on any atom is 0.190 e. The van der Waals surface area contributed by atoms with Crippen LogP contribution in [-0.2, 0) is 12.4 Å². The van der Waals surface area contributed by atoms with Gasteiger partial charge in [0.1, 0.15) is 41.3 Å². The van der Waals surface area contributed by atoms with Crippen molar-refractivity contribution >= 4 is 17.6 Å². The van der Waals surface area contributed by atoms with Gasteiger partial charge in [-0.15, -0.1) is 0 Å². The second-order valence-electron chi connectivity index (χ2n) is 5.79. The zero-order valence-electron chi connectivity index (χ0n) is 14.6. The van der Waals surface area contributed by atoms with Crippen molar-refractivity contribution in [2.24, 2.45) is 0 Å². The van der Waals surface area contributed by atoms with Gasteiger partial charge in [0.15, 0.2) is 5.16 Å². The van der Waals surface area contributed by atoms with Crippen LogP contribution in [0.3, 0.4) is 0 Å². The number of aryl methyl sites for hydroxylation is 1. The number of nitrogens with zero attached hydrogens (tertiary/aromatic N) is 3. The van der Waals surface area contributed by atoms with Crippen LogP contribution in [0.2, 0.25) is 0 Å². The van der Waals surface area contributed by atoms with Crippen molar-refractivity contribution < 1.29 is 9.13 Å². The molecule has 2 aromatic carbocycles. The Bertz CT molecular complexity index is 986. The third-order valence-electron chi connectivity index (χ3n) is 3.84. The number of para-hydroxylation sites is 1. The van der Waals surface area contributed by atoms with E-state index < -0.39 is 0 Å². The fraction of sp³-hybridized carbons (Fsp3) is 0.150. The Morgan fingerprint density at radius 3 is 2.59 bits per heavy atom. The highest BCUT2D eigenvalue weighted by atomic mass is 32.2. The first-order chi connectivity index (χ1) is 13.1. The van der Waals surface area contributed by atoms with E-state index in [0.29, 0.717) is 16.6 Å². The average Bonchev–Trinajstić information content (AvgIpc) is 2.67. The van der Waals surface area contributed by atoms with Crippen molar-refractivity contribution in [1.29, 1.82) is 5.26 Å². The zero-order chi connectivity index (χ0) is 19.2. The number of benzene rings is 2. The molecule has 0 aliphatic carbocycles. The molecule has 7 heteroatoms. The Kier molecular flexibility index (Phi) is 5.89. The molecule has 136 valence electrons. The molecule has 2 N–H and O–H groups in total. The topological polar surface area (TPSA) is 84.8 Å². The summed E-state index contributed by atoms with van der Waals surface area (Å²) in [7, 11) is 0. The first-order valence-corrected chi connectivity index (χ1v) is 9.17. The monoisotopic (exact) mass is 380 g/mol. The van der Waals surface area contributed by atoms with Crippen molar-refractivity contribution in [3.05, 3.63) is 76.7 Å². The molecule has 27 heavy (non-hydrogen) atoms. The largest absolute Gasteiger partial charge is 0.487 e. The molecular formula is C20H17FN4OS. The maximum absolute atomic E-state index is 13.0. The van der Waals surface area contributed by atoms with Crippen LogP contribution in [0.25, 0.3) is 0 Å². The fourth-order valence-electron chi connectivity index (χ4n) is 2.39. The lowest BCUT2D eigenvalue weighted by Crippen LogP contribution is -2.08. The summed E-state index contributed by atoms with van der Waals surface area (Å²) in [6, 6.07) is 15.9. The van der Waals surface area contributed by atoms with Gasteiger partial charge in [-0.25, -0.2) is 14.4 Å². The van der Waals surface area contributed by atoms with E-state index in [9.17, 15) is 9.65 Å². The van der Waals surface area contributed by atoms with E-state index in [1.165, 1.54) is 23.9 Å². The van der Waals surface area contributed by atoms with Gasteiger partial charge in [-0.2, -0.15) is 5.26 Å². The van der Waals surface area contributed by atoms with Crippen LogP contribution in [0.1, 0.15) is 22.4 Å². The summed E-state index contributed by atoms with van der Waals surface area (Å²) in [6.45, 7) is 2.06. The van der Waals surface area contributed by atoms with Gasteiger partial charge in [0.05, 0.1) is 0 Å². The number of nitriles is 1. The van der Waals surface area contributed by atoms with E-state index in [1.54, 1.807) is 12.1 Å². The van der Waals surface area contributed by atoms with Crippen LogP contribution in [-0.4, -0.2) is 9.97 Å². The van der Waals surface area contributed by atoms with Crippen LogP contribution in [0.15, 0.2) is 53.7 Å². The van der Waals surface area contributed by atoms with Crippen molar-refractivity contribution in [2.45, 2.75) is 24.4 Å². The van der Waals surface area contributed by atoms with E-state index in [0.717, 1.165) is 16.9 Å². The summed E-state index contributed by atoms with van der Waals surface area (Å²) in [4.78, 5) is 8.62. The van der Waals surface area contributed by atoms with Gasteiger partial charge in [-0.1, -0.05) is 42.1 Å². The summed E-state index contributed by atoms with van der Waals surface area (Å²) < 4.78 is 18.8. The first kappa shape index (κ1) is 18.7. The van der Waals surface area contributed by atoms with E-state index >= 15 is 0 Å². The van der Waals surface area contributed by atoms with Crippen LogP contribution in [0.5, 0.6) is 5.75 Å². The van der Waals surface area contributed by atoms with Crippen molar-refractivity contribution in [2.75, 3.05) is 5.73 Å². The van der Waals surface area contributed by atoms with Crippen molar-refractivity contribution in [3.8, 4) is 11.8 Å². The maximum atomic E-state index is 13.0. The molecule has 0 saturated carbocycles. The third kappa shape index (κ3) is 4.74. The average molecular weight is 380 g/mol. The molecule has 1 aromatic heterocycles. The number of hydrogen-bond acceptors (Lipinski definition) is 6. The number of nitrogen functional groups attached to an aromatic ring is 1. The molecule has 3 aromatic rings. The van der Waals surface area contributed by atoms with Crippen molar-refractivity contribution in [3.63, 3.8) is 0 Å². The molecule has 5 nitrogen and oxygen atoms in total. The van der Waals surface area contributed by atoms with Crippen LogP contribution in [0.4, 0.5) is 10.2 Å². The van der Waals surface area contributed by atoms with Gasteiger partial charge in [-0.3, -0.25) is 0 Å². The number of anilines is 1. The Morgan fingerprint density at radius 2 is 1.89 bits per heavy atom. The fourth-order valence-corrected chi connectivity index (χ4v) is 3.21.